The summed E-state index contributed by atoms with van der Waals surface area (Å²) in [6.07, 6.45) is 0.802. The second kappa shape index (κ2) is 6.35. The third kappa shape index (κ3) is 4.53. The van der Waals surface area contributed by atoms with Gasteiger partial charge in [-0.1, -0.05) is 42.5 Å². The zero-order valence-electron chi connectivity index (χ0n) is 10.1. The molecule has 0 saturated carbocycles. The van der Waals surface area contributed by atoms with Gasteiger partial charge in [0.05, 0.1) is 10.9 Å². The molecule has 1 aromatic rings. The van der Waals surface area contributed by atoms with E-state index in [2.05, 4.69) is 5.32 Å². The number of carbonyl (C=O) groups is 1. The van der Waals surface area contributed by atoms with Crippen LogP contribution >= 0.6 is 12.2 Å². The summed E-state index contributed by atoms with van der Waals surface area (Å²) >= 11 is 4.79. The Labute approximate surface area is 107 Å². The van der Waals surface area contributed by atoms with Crippen LogP contribution in [-0.2, 0) is 11.2 Å². The average molecular weight is 250 g/mol. The van der Waals surface area contributed by atoms with E-state index in [9.17, 15) is 4.79 Å². The molecule has 0 aliphatic heterocycles. The molecule has 0 spiro atoms. The Morgan fingerprint density at radius 2 is 1.94 bits per heavy atom. The second-order valence-electron chi connectivity index (χ2n) is 4.22. The van der Waals surface area contributed by atoms with Gasteiger partial charge in [-0.25, -0.2) is 0 Å². The Morgan fingerprint density at radius 1 is 1.35 bits per heavy atom. The Bertz CT molecular complexity index is 392. The van der Waals surface area contributed by atoms with Crippen molar-refractivity contribution in [2.45, 2.75) is 26.3 Å². The van der Waals surface area contributed by atoms with Gasteiger partial charge in [-0.3, -0.25) is 4.79 Å². The Balaban J connectivity index is 2.47. The van der Waals surface area contributed by atoms with E-state index in [1.165, 1.54) is 5.56 Å². The largest absolute Gasteiger partial charge is 0.393 e. The molecule has 3 nitrogen and oxygen atoms in total. The summed E-state index contributed by atoms with van der Waals surface area (Å²) in [5.41, 5.74) is 6.63. The first-order valence-electron chi connectivity index (χ1n) is 5.64. The van der Waals surface area contributed by atoms with Crippen molar-refractivity contribution in [1.82, 2.24) is 5.32 Å². The normalized spacial score (nSPS) is 13.8. The summed E-state index contributed by atoms with van der Waals surface area (Å²) < 4.78 is 0. The third-order valence-corrected chi connectivity index (χ3v) is 2.95. The number of nitrogens with two attached hydrogens (primary N) is 1. The van der Waals surface area contributed by atoms with Crippen LogP contribution in [0.1, 0.15) is 19.4 Å². The van der Waals surface area contributed by atoms with E-state index in [0.29, 0.717) is 0 Å². The van der Waals surface area contributed by atoms with Crippen molar-refractivity contribution in [2.75, 3.05) is 0 Å². The van der Waals surface area contributed by atoms with Gasteiger partial charge in [-0.05, 0) is 25.8 Å². The molecule has 0 aliphatic rings. The standard InChI is InChI=1S/C13H18N2OS/c1-9(8-11-6-4-3-5-7-11)15-13(16)10(2)12(14)17/h3-7,9-10H,8H2,1-2H3,(H2,14,17)(H,15,16). The van der Waals surface area contributed by atoms with Gasteiger partial charge >= 0.3 is 0 Å². The number of hydrogen-bond acceptors (Lipinski definition) is 2. The molecule has 1 aromatic carbocycles. The Hall–Kier alpha value is -1.42. The highest BCUT2D eigenvalue weighted by molar-refractivity contribution is 7.80. The molecule has 2 unspecified atom stereocenters. The maximum Gasteiger partial charge on any atom is 0.229 e. The summed E-state index contributed by atoms with van der Waals surface area (Å²) in [4.78, 5) is 11.9. The lowest BCUT2D eigenvalue weighted by Crippen LogP contribution is -2.41. The molecule has 0 heterocycles. The number of carbonyl (C=O) groups excluding carboxylic acids is 1. The molecule has 1 rings (SSSR count). The van der Waals surface area contributed by atoms with E-state index in [1.807, 2.05) is 37.3 Å². The van der Waals surface area contributed by atoms with E-state index in [0.717, 1.165) is 6.42 Å². The maximum absolute atomic E-state index is 11.7. The van der Waals surface area contributed by atoms with Crippen LogP contribution in [0.2, 0.25) is 0 Å². The zero-order chi connectivity index (χ0) is 12.8. The molecule has 3 N–H and O–H groups in total. The number of amides is 1. The molecule has 92 valence electrons. The molecular weight excluding hydrogens is 232 g/mol. The first kappa shape index (κ1) is 13.6. The van der Waals surface area contributed by atoms with Gasteiger partial charge in [-0.2, -0.15) is 0 Å². The quantitative estimate of drug-likeness (QED) is 0.781. The minimum atomic E-state index is -0.414. The first-order valence-corrected chi connectivity index (χ1v) is 6.05. The van der Waals surface area contributed by atoms with Gasteiger partial charge in [0, 0.05) is 6.04 Å². The lowest BCUT2D eigenvalue weighted by molar-refractivity contribution is -0.123. The minimum Gasteiger partial charge on any atom is -0.393 e. The van der Waals surface area contributed by atoms with E-state index in [1.54, 1.807) is 6.92 Å². The van der Waals surface area contributed by atoms with Crippen LogP contribution in [-0.4, -0.2) is 16.9 Å². The Kier molecular flexibility index (Phi) is 5.10. The fourth-order valence-corrected chi connectivity index (χ4v) is 1.62. The smallest absolute Gasteiger partial charge is 0.229 e. The van der Waals surface area contributed by atoms with Crippen molar-refractivity contribution in [1.29, 1.82) is 0 Å². The van der Waals surface area contributed by atoms with Crippen LogP contribution in [0.4, 0.5) is 0 Å². The molecule has 4 heteroatoms. The molecule has 0 saturated heterocycles. The summed E-state index contributed by atoms with van der Waals surface area (Å²) in [6.45, 7) is 3.68. The highest BCUT2D eigenvalue weighted by atomic mass is 32.1. The molecule has 17 heavy (non-hydrogen) atoms. The summed E-state index contributed by atoms with van der Waals surface area (Å²) in [5, 5.41) is 2.90. The van der Waals surface area contributed by atoms with Crippen LogP contribution in [0.25, 0.3) is 0 Å². The van der Waals surface area contributed by atoms with E-state index in [-0.39, 0.29) is 16.9 Å². The van der Waals surface area contributed by atoms with Crippen molar-refractivity contribution in [2.24, 2.45) is 11.7 Å². The van der Waals surface area contributed by atoms with Crippen molar-refractivity contribution >= 4 is 23.1 Å². The zero-order valence-corrected chi connectivity index (χ0v) is 11.0. The van der Waals surface area contributed by atoms with Crippen LogP contribution in [0.15, 0.2) is 30.3 Å². The summed E-state index contributed by atoms with van der Waals surface area (Å²) in [5.74, 6) is -0.524. The fourth-order valence-electron chi connectivity index (χ4n) is 1.52. The molecule has 1 amide bonds. The van der Waals surface area contributed by atoms with Gasteiger partial charge < -0.3 is 11.1 Å². The summed E-state index contributed by atoms with van der Waals surface area (Å²) in [7, 11) is 0. The number of rotatable bonds is 5. The second-order valence-corrected chi connectivity index (χ2v) is 4.69. The lowest BCUT2D eigenvalue weighted by atomic mass is 10.1. The molecule has 0 radical (unpaired) electrons. The fraction of sp³-hybridized carbons (Fsp3) is 0.385. The van der Waals surface area contributed by atoms with E-state index in [4.69, 9.17) is 18.0 Å². The molecule has 0 bridgehead atoms. The van der Waals surface area contributed by atoms with Crippen molar-refractivity contribution in [3.05, 3.63) is 35.9 Å². The molecule has 0 fully saturated rings. The van der Waals surface area contributed by atoms with Crippen molar-refractivity contribution < 1.29 is 4.79 Å². The van der Waals surface area contributed by atoms with Crippen molar-refractivity contribution in [3.8, 4) is 0 Å². The molecule has 0 aliphatic carbocycles. The van der Waals surface area contributed by atoms with Gasteiger partial charge in [0.2, 0.25) is 5.91 Å². The average Bonchev–Trinajstić information content (AvgIpc) is 2.28. The lowest BCUT2D eigenvalue weighted by Gasteiger charge is -2.17. The van der Waals surface area contributed by atoms with Gasteiger partial charge in [0.25, 0.3) is 0 Å². The first-order chi connectivity index (χ1) is 8.00. The highest BCUT2D eigenvalue weighted by Gasteiger charge is 2.17. The van der Waals surface area contributed by atoms with Crippen molar-refractivity contribution in [3.63, 3.8) is 0 Å². The molecule has 0 aromatic heterocycles. The van der Waals surface area contributed by atoms with Crippen LogP contribution in [0.3, 0.4) is 0 Å². The van der Waals surface area contributed by atoms with E-state index >= 15 is 0 Å². The number of nitrogens with one attached hydrogen (secondary N) is 1. The Morgan fingerprint density at radius 3 is 2.47 bits per heavy atom. The SMILES string of the molecule is CC(Cc1ccccc1)NC(=O)C(C)C(N)=S. The van der Waals surface area contributed by atoms with Gasteiger partial charge in [0.15, 0.2) is 0 Å². The molecule has 2 atom stereocenters. The van der Waals surface area contributed by atoms with Crippen LogP contribution in [0, 0.1) is 5.92 Å². The number of hydrogen-bond donors (Lipinski definition) is 2. The van der Waals surface area contributed by atoms with Gasteiger partial charge in [-0.15, -0.1) is 0 Å². The monoisotopic (exact) mass is 250 g/mol. The number of thiocarbonyl (C=S) groups is 1. The summed E-state index contributed by atoms with van der Waals surface area (Å²) in [6, 6.07) is 10.1. The maximum atomic E-state index is 11.7. The topological polar surface area (TPSA) is 55.1 Å². The van der Waals surface area contributed by atoms with Crippen LogP contribution in [0.5, 0.6) is 0 Å². The highest BCUT2D eigenvalue weighted by Crippen LogP contribution is 2.04. The number of benzene rings is 1. The van der Waals surface area contributed by atoms with Crippen LogP contribution < -0.4 is 11.1 Å². The van der Waals surface area contributed by atoms with Gasteiger partial charge in [0.1, 0.15) is 0 Å². The third-order valence-electron chi connectivity index (χ3n) is 2.59. The molecular formula is C13H18N2OS. The van der Waals surface area contributed by atoms with E-state index < -0.39 is 5.92 Å². The minimum absolute atomic E-state index is 0.0710. The predicted octanol–water partition coefficient (Wildman–Crippen LogP) is 1.66. The predicted molar refractivity (Wildman–Crippen MR) is 73.7 cm³/mol.